The fourth-order valence-corrected chi connectivity index (χ4v) is 3.09. The lowest BCUT2D eigenvalue weighted by Gasteiger charge is -2.23. The molecule has 1 saturated heterocycles. The molecule has 0 radical (unpaired) electrons. The Morgan fingerprint density at radius 1 is 1.33 bits per heavy atom. The molecule has 2 unspecified atom stereocenters. The number of amides is 1. The van der Waals surface area contributed by atoms with E-state index in [0.717, 1.165) is 43.2 Å². The lowest BCUT2D eigenvalue weighted by atomic mass is 9.96. The number of nitrogens with zero attached hydrogens (tertiary/aromatic N) is 1. The fraction of sp³-hybridized carbons (Fsp3) is 0.611. The molecule has 1 aromatic carbocycles. The molecule has 1 fully saturated rings. The van der Waals surface area contributed by atoms with Crippen LogP contribution in [0.5, 0.6) is 5.75 Å². The van der Waals surface area contributed by atoms with E-state index < -0.39 is 0 Å². The molecule has 0 bridgehead atoms. The summed E-state index contributed by atoms with van der Waals surface area (Å²) in [6.45, 7) is 6.22. The van der Waals surface area contributed by atoms with Crippen LogP contribution >= 0.6 is 0 Å². The molecule has 0 saturated carbocycles. The zero-order valence-electron chi connectivity index (χ0n) is 13.5. The van der Waals surface area contributed by atoms with Crippen LogP contribution in [0.25, 0.3) is 0 Å². The standard InChI is InChI=1S/C18H27NO2/c1-14-7-6-11-19(12-10-14)18(20)13-15(2)16-8-4-5-9-17(16)21-3/h4-5,8-9,14-15H,6-7,10-13H2,1-3H3. The fourth-order valence-electron chi connectivity index (χ4n) is 3.09. The van der Waals surface area contributed by atoms with Gasteiger partial charge in [0.1, 0.15) is 5.75 Å². The molecular formula is C18H27NO2. The van der Waals surface area contributed by atoms with Crippen molar-refractivity contribution < 1.29 is 9.53 Å². The lowest BCUT2D eigenvalue weighted by Crippen LogP contribution is -2.32. The number of likely N-dealkylation sites (tertiary alicyclic amines) is 1. The van der Waals surface area contributed by atoms with E-state index in [9.17, 15) is 4.79 Å². The summed E-state index contributed by atoms with van der Waals surface area (Å²) in [7, 11) is 1.68. The summed E-state index contributed by atoms with van der Waals surface area (Å²) in [4.78, 5) is 14.6. The number of benzene rings is 1. The van der Waals surface area contributed by atoms with Crippen LogP contribution in [0.15, 0.2) is 24.3 Å². The largest absolute Gasteiger partial charge is 0.496 e. The van der Waals surface area contributed by atoms with Gasteiger partial charge in [-0.25, -0.2) is 0 Å². The minimum Gasteiger partial charge on any atom is -0.496 e. The summed E-state index contributed by atoms with van der Waals surface area (Å²) in [5.41, 5.74) is 1.12. The van der Waals surface area contributed by atoms with Crippen molar-refractivity contribution in [1.82, 2.24) is 4.90 Å². The average Bonchev–Trinajstić information content (AvgIpc) is 2.71. The van der Waals surface area contributed by atoms with Gasteiger partial charge in [0.25, 0.3) is 0 Å². The van der Waals surface area contributed by atoms with Crippen LogP contribution in [-0.4, -0.2) is 31.0 Å². The second-order valence-electron chi connectivity index (χ2n) is 6.26. The van der Waals surface area contributed by atoms with Crippen LogP contribution < -0.4 is 4.74 Å². The zero-order valence-corrected chi connectivity index (χ0v) is 13.5. The van der Waals surface area contributed by atoms with E-state index in [1.807, 2.05) is 18.2 Å². The van der Waals surface area contributed by atoms with Gasteiger partial charge in [0.05, 0.1) is 7.11 Å². The van der Waals surface area contributed by atoms with E-state index in [-0.39, 0.29) is 11.8 Å². The average molecular weight is 289 g/mol. The molecule has 1 heterocycles. The van der Waals surface area contributed by atoms with Crippen molar-refractivity contribution in [3.63, 3.8) is 0 Å². The Bertz CT molecular complexity index is 472. The van der Waals surface area contributed by atoms with Crippen molar-refractivity contribution in [1.29, 1.82) is 0 Å². The molecule has 1 aliphatic rings. The van der Waals surface area contributed by atoms with Crippen LogP contribution in [0.3, 0.4) is 0 Å². The number of hydrogen-bond donors (Lipinski definition) is 0. The smallest absolute Gasteiger partial charge is 0.223 e. The lowest BCUT2D eigenvalue weighted by molar-refractivity contribution is -0.131. The molecule has 1 amide bonds. The summed E-state index contributed by atoms with van der Waals surface area (Å²) in [5.74, 6) is 2.09. The van der Waals surface area contributed by atoms with Crippen LogP contribution in [0.1, 0.15) is 51.0 Å². The predicted molar refractivity (Wildman–Crippen MR) is 85.6 cm³/mol. The third-order valence-electron chi connectivity index (χ3n) is 4.52. The molecule has 0 spiro atoms. The minimum atomic E-state index is 0.189. The van der Waals surface area contributed by atoms with Gasteiger partial charge >= 0.3 is 0 Å². The van der Waals surface area contributed by atoms with Gasteiger partial charge in [-0.05, 0) is 42.7 Å². The van der Waals surface area contributed by atoms with Crippen molar-refractivity contribution in [2.24, 2.45) is 5.92 Å². The Morgan fingerprint density at radius 3 is 2.86 bits per heavy atom. The van der Waals surface area contributed by atoms with E-state index in [2.05, 4.69) is 24.8 Å². The predicted octanol–water partition coefficient (Wildman–Crippen LogP) is 3.84. The number of methoxy groups -OCH3 is 1. The quantitative estimate of drug-likeness (QED) is 0.843. The maximum Gasteiger partial charge on any atom is 0.223 e. The van der Waals surface area contributed by atoms with Crippen LogP contribution in [0.4, 0.5) is 0 Å². The Kier molecular flexibility index (Phi) is 5.66. The third-order valence-corrected chi connectivity index (χ3v) is 4.52. The van der Waals surface area contributed by atoms with Crippen molar-refractivity contribution in [3.05, 3.63) is 29.8 Å². The van der Waals surface area contributed by atoms with Crippen LogP contribution in [-0.2, 0) is 4.79 Å². The van der Waals surface area contributed by atoms with Gasteiger partial charge in [0.2, 0.25) is 5.91 Å². The molecule has 0 aromatic heterocycles. The molecule has 2 rings (SSSR count). The summed E-state index contributed by atoms with van der Waals surface area (Å²) in [5, 5.41) is 0. The molecule has 0 aliphatic carbocycles. The van der Waals surface area contributed by atoms with E-state index in [1.165, 1.54) is 6.42 Å². The molecule has 3 heteroatoms. The monoisotopic (exact) mass is 289 g/mol. The van der Waals surface area contributed by atoms with E-state index in [0.29, 0.717) is 6.42 Å². The van der Waals surface area contributed by atoms with E-state index in [4.69, 9.17) is 4.74 Å². The maximum absolute atomic E-state index is 12.5. The summed E-state index contributed by atoms with van der Waals surface area (Å²) in [6.07, 6.45) is 4.07. The molecular weight excluding hydrogens is 262 g/mol. The second-order valence-corrected chi connectivity index (χ2v) is 6.26. The van der Waals surface area contributed by atoms with E-state index in [1.54, 1.807) is 7.11 Å². The molecule has 0 N–H and O–H groups in total. The second kappa shape index (κ2) is 7.48. The number of para-hydroxylation sites is 1. The van der Waals surface area contributed by atoms with Crippen molar-refractivity contribution in [2.45, 2.75) is 45.4 Å². The van der Waals surface area contributed by atoms with Crippen LogP contribution in [0.2, 0.25) is 0 Å². The van der Waals surface area contributed by atoms with Crippen molar-refractivity contribution in [2.75, 3.05) is 20.2 Å². The maximum atomic E-state index is 12.5. The van der Waals surface area contributed by atoms with Crippen molar-refractivity contribution >= 4 is 5.91 Å². The van der Waals surface area contributed by atoms with Gasteiger partial charge in [-0.2, -0.15) is 0 Å². The highest BCUT2D eigenvalue weighted by Gasteiger charge is 2.21. The Hall–Kier alpha value is -1.51. The molecule has 1 aliphatic heterocycles. The molecule has 1 aromatic rings. The first kappa shape index (κ1) is 15.9. The highest BCUT2D eigenvalue weighted by Crippen LogP contribution is 2.29. The van der Waals surface area contributed by atoms with Crippen molar-refractivity contribution in [3.8, 4) is 5.75 Å². The normalized spacial score (nSPS) is 20.7. The van der Waals surface area contributed by atoms with Gasteiger partial charge in [0.15, 0.2) is 0 Å². The van der Waals surface area contributed by atoms with Crippen LogP contribution in [0, 0.1) is 5.92 Å². The molecule has 3 nitrogen and oxygen atoms in total. The number of carbonyl (C=O) groups excluding carboxylic acids is 1. The zero-order chi connectivity index (χ0) is 15.2. The summed E-state index contributed by atoms with van der Waals surface area (Å²) < 4.78 is 5.40. The molecule has 2 atom stereocenters. The van der Waals surface area contributed by atoms with Gasteiger partial charge in [-0.1, -0.05) is 32.0 Å². The first-order valence-corrected chi connectivity index (χ1v) is 8.02. The highest BCUT2D eigenvalue weighted by atomic mass is 16.5. The number of carbonyl (C=O) groups is 1. The molecule has 116 valence electrons. The highest BCUT2D eigenvalue weighted by molar-refractivity contribution is 5.77. The van der Waals surface area contributed by atoms with Gasteiger partial charge in [-0.15, -0.1) is 0 Å². The van der Waals surface area contributed by atoms with Gasteiger partial charge in [-0.3, -0.25) is 4.79 Å². The van der Waals surface area contributed by atoms with Gasteiger partial charge in [0, 0.05) is 19.5 Å². The Balaban J connectivity index is 1.98. The van der Waals surface area contributed by atoms with E-state index >= 15 is 0 Å². The topological polar surface area (TPSA) is 29.5 Å². The number of rotatable bonds is 4. The molecule has 21 heavy (non-hydrogen) atoms. The Labute approximate surface area is 128 Å². The number of hydrogen-bond acceptors (Lipinski definition) is 2. The number of ether oxygens (including phenoxy) is 1. The van der Waals surface area contributed by atoms with Gasteiger partial charge < -0.3 is 9.64 Å². The third kappa shape index (κ3) is 4.23. The first-order valence-electron chi connectivity index (χ1n) is 8.02. The minimum absolute atomic E-state index is 0.189. The Morgan fingerprint density at radius 2 is 2.10 bits per heavy atom. The SMILES string of the molecule is COc1ccccc1C(C)CC(=O)N1CCCC(C)CC1. The summed E-state index contributed by atoms with van der Waals surface area (Å²) in [6, 6.07) is 7.99. The first-order chi connectivity index (χ1) is 10.1. The summed E-state index contributed by atoms with van der Waals surface area (Å²) >= 11 is 0.